The van der Waals surface area contributed by atoms with E-state index < -0.39 is 0 Å². The molecule has 0 rings (SSSR count). The van der Waals surface area contributed by atoms with Gasteiger partial charge in [0.25, 0.3) is 0 Å². The summed E-state index contributed by atoms with van der Waals surface area (Å²) >= 11 is 0. The van der Waals surface area contributed by atoms with Gasteiger partial charge in [0.1, 0.15) is 0 Å². The highest BCUT2D eigenvalue weighted by Crippen LogP contribution is 2.17. The van der Waals surface area contributed by atoms with Gasteiger partial charge in [-0.15, -0.1) is 0 Å². The molecule has 0 saturated heterocycles. The highest BCUT2D eigenvalue weighted by molar-refractivity contribution is 4.61. The van der Waals surface area contributed by atoms with E-state index in [1.165, 1.54) is 0 Å². The molecule has 0 aromatic rings. The van der Waals surface area contributed by atoms with E-state index in [9.17, 15) is 5.11 Å². The summed E-state index contributed by atoms with van der Waals surface area (Å²) in [6, 6.07) is 0. The third-order valence-corrected chi connectivity index (χ3v) is 2.19. The molecule has 0 N–H and O–H groups in total. The SMILES string of the molecule is CCC(C)C(CC)C[O]. The summed E-state index contributed by atoms with van der Waals surface area (Å²) in [4.78, 5) is 0. The lowest BCUT2D eigenvalue weighted by Gasteiger charge is -2.16. The first kappa shape index (κ1) is 8.96. The molecule has 0 aliphatic rings. The fraction of sp³-hybridized carbons (Fsp3) is 1.00. The van der Waals surface area contributed by atoms with Crippen molar-refractivity contribution in [1.82, 2.24) is 0 Å². The van der Waals surface area contributed by atoms with Crippen molar-refractivity contribution in [2.45, 2.75) is 33.6 Å². The molecule has 1 heteroatoms. The fourth-order valence-electron chi connectivity index (χ4n) is 1.02. The monoisotopic (exact) mass is 129 g/mol. The van der Waals surface area contributed by atoms with Gasteiger partial charge in [0.2, 0.25) is 0 Å². The Morgan fingerprint density at radius 2 is 1.78 bits per heavy atom. The topological polar surface area (TPSA) is 19.9 Å². The Labute approximate surface area is 58.1 Å². The van der Waals surface area contributed by atoms with Gasteiger partial charge < -0.3 is 0 Å². The van der Waals surface area contributed by atoms with Crippen LogP contribution in [0.25, 0.3) is 0 Å². The van der Waals surface area contributed by atoms with Crippen LogP contribution < -0.4 is 0 Å². The second-order valence-corrected chi connectivity index (χ2v) is 2.72. The third kappa shape index (κ3) is 2.85. The Balaban J connectivity index is 3.50. The molecule has 0 heterocycles. The molecule has 0 amide bonds. The summed E-state index contributed by atoms with van der Waals surface area (Å²) in [7, 11) is 0. The van der Waals surface area contributed by atoms with E-state index in [2.05, 4.69) is 20.8 Å². The summed E-state index contributed by atoms with van der Waals surface area (Å²) in [5.41, 5.74) is 0. The van der Waals surface area contributed by atoms with E-state index in [4.69, 9.17) is 0 Å². The summed E-state index contributed by atoms with van der Waals surface area (Å²) < 4.78 is 0. The molecule has 1 nitrogen and oxygen atoms in total. The summed E-state index contributed by atoms with van der Waals surface area (Å²) in [5.74, 6) is 1.03. The Morgan fingerprint density at radius 1 is 1.22 bits per heavy atom. The molecule has 0 bridgehead atoms. The highest BCUT2D eigenvalue weighted by atomic mass is 16.3. The second-order valence-electron chi connectivity index (χ2n) is 2.72. The van der Waals surface area contributed by atoms with Gasteiger partial charge in [-0.3, -0.25) is 0 Å². The molecule has 0 saturated carbocycles. The van der Waals surface area contributed by atoms with Crippen molar-refractivity contribution in [3.63, 3.8) is 0 Å². The molecule has 0 aliphatic heterocycles. The zero-order valence-corrected chi connectivity index (χ0v) is 6.68. The molecule has 0 aliphatic carbocycles. The minimum atomic E-state index is 0.103. The van der Waals surface area contributed by atoms with E-state index in [0.29, 0.717) is 11.8 Å². The number of rotatable bonds is 4. The normalized spacial score (nSPS) is 17.3. The van der Waals surface area contributed by atoms with Crippen LogP contribution in [0, 0.1) is 11.8 Å². The lowest BCUT2D eigenvalue weighted by atomic mass is 9.90. The van der Waals surface area contributed by atoms with Gasteiger partial charge >= 0.3 is 0 Å². The van der Waals surface area contributed by atoms with Crippen LogP contribution in [0.1, 0.15) is 33.6 Å². The van der Waals surface area contributed by atoms with Gasteiger partial charge in [-0.25, -0.2) is 5.11 Å². The minimum Gasteiger partial charge on any atom is -0.236 e. The van der Waals surface area contributed by atoms with Gasteiger partial charge in [0.05, 0.1) is 6.61 Å². The summed E-state index contributed by atoms with van der Waals surface area (Å²) in [6.45, 7) is 6.50. The van der Waals surface area contributed by atoms with Crippen molar-refractivity contribution in [3.8, 4) is 0 Å². The van der Waals surface area contributed by atoms with Gasteiger partial charge in [0.15, 0.2) is 0 Å². The molecule has 55 valence electrons. The Bertz CT molecular complexity index is 57.6. The molecular formula is C8H17O. The highest BCUT2D eigenvalue weighted by Gasteiger charge is 2.11. The maximum atomic E-state index is 10.5. The standard InChI is InChI=1S/C8H17O/c1-4-7(3)8(5-2)6-9/h7-8H,4-6H2,1-3H3. The summed E-state index contributed by atoms with van der Waals surface area (Å²) in [5, 5.41) is 10.5. The zero-order valence-electron chi connectivity index (χ0n) is 6.68. The first-order valence-corrected chi connectivity index (χ1v) is 3.84. The Hall–Kier alpha value is -0.0400. The first-order valence-electron chi connectivity index (χ1n) is 3.84. The maximum absolute atomic E-state index is 10.5. The molecule has 9 heavy (non-hydrogen) atoms. The van der Waals surface area contributed by atoms with Crippen molar-refractivity contribution in [3.05, 3.63) is 0 Å². The zero-order chi connectivity index (χ0) is 7.28. The molecule has 2 atom stereocenters. The molecule has 0 spiro atoms. The Kier molecular flexibility index (Phi) is 4.78. The molecule has 0 fully saturated rings. The van der Waals surface area contributed by atoms with Crippen LogP contribution in [-0.4, -0.2) is 6.61 Å². The van der Waals surface area contributed by atoms with Crippen LogP contribution in [0.15, 0.2) is 0 Å². The van der Waals surface area contributed by atoms with Crippen molar-refractivity contribution in [2.24, 2.45) is 11.8 Å². The predicted molar refractivity (Wildman–Crippen MR) is 38.8 cm³/mol. The van der Waals surface area contributed by atoms with Crippen LogP contribution in [-0.2, 0) is 5.11 Å². The average molecular weight is 129 g/mol. The molecule has 1 radical (unpaired) electrons. The molecule has 0 aromatic carbocycles. The van der Waals surface area contributed by atoms with Crippen LogP contribution >= 0.6 is 0 Å². The fourth-order valence-corrected chi connectivity index (χ4v) is 1.02. The van der Waals surface area contributed by atoms with Gasteiger partial charge in [-0.2, -0.15) is 0 Å². The smallest absolute Gasteiger partial charge is 0.0852 e. The van der Waals surface area contributed by atoms with Crippen LogP contribution in [0.3, 0.4) is 0 Å². The molecule has 0 aromatic heterocycles. The van der Waals surface area contributed by atoms with E-state index in [1.54, 1.807) is 0 Å². The van der Waals surface area contributed by atoms with Crippen LogP contribution in [0.5, 0.6) is 0 Å². The van der Waals surface area contributed by atoms with Crippen molar-refractivity contribution < 1.29 is 5.11 Å². The van der Waals surface area contributed by atoms with Crippen molar-refractivity contribution >= 4 is 0 Å². The first-order chi connectivity index (χ1) is 4.26. The average Bonchev–Trinajstić information content (AvgIpc) is 1.90. The number of hydrogen-bond acceptors (Lipinski definition) is 0. The number of hydrogen-bond donors (Lipinski definition) is 0. The molecular weight excluding hydrogens is 112 g/mol. The van der Waals surface area contributed by atoms with Gasteiger partial charge in [-0.05, 0) is 11.8 Å². The Morgan fingerprint density at radius 3 is 1.89 bits per heavy atom. The quantitative estimate of drug-likeness (QED) is 0.555. The second kappa shape index (κ2) is 4.80. The maximum Gasteiger partial charge on any atom is 0.0852 e. The van der Waals surface area contributed by atoms with Gasteiger partial charge in [-0.1, -0.05) is 33.6 Å². The lowest BCUT2D eigenvalue weighted by molar-refractivity contribution is 0.111. The van der Waals surface area contributed by atoms with Gasteiger partial charge in [0, 0.05) is 0 Å². The van der Waals surface area contributed by atoms with Crippen molar-refractivity contribution in [2.75, 3.05) is 6.61 Å². The predicted octanol–water partition coefficient (Wildman–Crippen LogP) is 2.49. The minimum absolute atomic E-state index is 0.103. The van der Waals surface area contributed by atoms with Crippen LogP contribution in [0.2, 0.25) is 0 Å². The largest absolute Gasteiger partial charge is 0.236 e. The van der Waals surface area contributed by atoms with Crippen LogP contribution in [0.4, 0.5) is 0 Å². The lowest BCUT2D eigenvalue weighted by Crippen LogP contribution is -2.13. The van der Waals surface area contributed by atoms with E-state index in [0.717, 1.165) is 12.8 Å². The van der Waals surface area contributed by atoms with Crippen molar-refractivity contribution in [1.29, 1.82) is 0 Å². The molecule has 2 unspecified atom stereocenters. The third-order valence-electron chi connectivity index (χ3n) is 2.19. The van der Waals surface area contributed by atoms with E-state index >= 15 is 0 Å². The summed E-state index contributed by atoms with van der Waals surface area (Å²) in [6.07, 6.45) is 2.18. The van der Waals surface area contributed by atoms with E-state index in [-0.39, 0.29) is 6.61 Å². The van der Waals surface area contributed by atoms with E-state index in [1.807, 2.05) is 0 Å².